The number of rotatable bonds is 3. The Hall–Kier alpha value is -1.55. The summed E-state index contributed by atoms with van der Waals surface area (Å²) in [5, 5.41) is 3.01. The summed E-state index contributed by atoms with van der Waals surface area (Å²) in [4.78, 5) is 16.9. The molecule has 2 heterocycles. The topological polar surface area (TPSA) is 35.6 Å². The number of likely N-dealkylation sites (tertiary alicyclic amines) is 2. The van der Waals surface area contributed by atoms with Crippen molar-refractivity contribution in [2.24, 2.45) is 0 Å². The fourth-order valence-electron chi connectivity index (χ4n) is 3.27. The van der Waals surface area contributed by atoms with Gasteiger partial charge in [0, 0.05) is 24.8 Å². The van der Waals surface area contributed by atoms with Gasteiger partial charge in [0.15, 0.2) is 0 Å². The van der Waals surface area contributed by atoms with E-state index in [1.165, 1.54) is 25.9 Å². The Labute approximate surface area is 120 Å². The van der Waals surface area contributed by atoms with Gasteiger partial charge >= 0.3 is 6.03 Å². The summed E-state index contributed by atoms with van der Waals surface area (Å²) in [6, 6.07) is 10.2. The van der Waals surface area contributed by atoms with Gasteiger partial charge < -0.3 is 15.1 Å². The van der Waals surface area contributed by atoms with Crippen molar-refractivity contribution < 1.29 is 4.79 Å². The molecule has 0 aromatic heterocycles. The van der Waals surface area contributed by atoms with Crippen molar-refractivity contribution in [3.63, 3.8) is 0 Å². The van der Waals surface area contributed by atoms with E-state index in [0.717, 1.165) is 31.6 Å². The van der Waals surface area contributed by atoms with E-state index >= 15 is 0 Å². The van der Waals surface area contributed by atoms with Gasteiger partial charge in [0.2, 0.25) is 0 Å². The first-order chi connectivity index (χ1) is 9.83. The van der Waals surface area contributed by atoms with Crippen LogP contribution in [0.25, 0.3) is 0 Å². The zero-order chi connectivity index (χ0) is 13.8. The summed E-state index contributed by atoms with van der Waals surface area (Å²) < 4.78 is 0. The Morgan fingerprint density at radius 1 is 1.10 bits per heavy atom. The molecular formula is C16H23N3O. The van der Waals surface area contributed by atoms with Crippen LogP contribution in [-0.4, -0.2) is 48.1 Å². The third-order valence-corrected chi connectivity index (χ3v) is 4.33. The minimum atomic E-state index is 0.0536. The normalized spacial score (nSPS) is 23.2. The maximum Gasteiger partial charge on any atom is 0.322 e. The van der Waals surface area contributed by atoms with Crippen LogP contribution in [0, 0.1) is 0 Å². The highest BCUT2D eigenvalue weighted by atomic mass is 16.2. The lowest BCUT2D eigenvalue weighted by atomic mass is 10.2. The molecule has 2 aliphatic rings. The Balaban J connectivity index is 1.58. The Morgan fingerprint density at radius 3 is 2.60 bits per heavy atom. The van der Waals surface area contributed by atoms with Gasteiger partial charge in [-0.1, -0.05) is 18.2 Å². The van der Waals surface area contributed by atoms with Crippen LogP contribution < -0.4 is 5.32 Å². The van der Waals surface area contributed by atoms with Gasteiger partial charge in [-0.05, 0) is 50.9 Å². The highest BCUT2D eigenvalue weighted by Crippen LogP contribution is 2.21. The number of carbonyl (C=O) groups excluding carboxylic acids is 1. The Bertz CT molecular complexity index is 442. The van der Waals surface area contributed by atoms with E-state index < -0.39 is 0 Å². The summed E-state index contributed by atoms with van der Waals surface area (Å²) >= 11 is 0. The van der Waals surface area contributed by atoms with Crippen LogP contribution in [-0.2, 0) is 0 Å². The number of urea groups is 1. The van der Waals surface area contributed by atoms with Crippen molar-refractivity contribution in [1.82, 2.24) is 9.80 Å². The predicted molar refractivity (Wildman–Crippen MR) is 80.9 cm³/mol. The maximum atomic E-state index is 12.4. The molecule has 2 fully saturated rings. The molecule has 0 spiro atoms. The van der Waals surface area contributed by atoms with E-state index in [9.17, 15) is 4.79 Å². The molecule has 20 heavy (non-hydrogen) atoms. The molecule has 2 amide bonds. The minimum absolute atomic E-state index is 0.0536. The molecule has 2 saturated heterocycles. The van der Waals surface area contributed by atoms with Crippen LogP contribution in [0.2, 0.25) is 0 Å². The lowest BCUT2D eigenvalue weighted by Gasteiger charge is -2.28. The number of hydrogen-bond acceptors (Lipinski definition) is 2. The van der Waals surface area contributed by atoms with Gasteiger partial charge in [0.25, 0.3) is 0 Å². The molecule has 0 bridgehead atoms. The zero-order valence-corrected chi connectivity index (χ0v) is 11.9. The number of carbonyl (C=O) groups is 1. The van der Waals surface area contributed by atoms with E-state index in [1.54, 1.807) is 0 Å². The Morgan fingerprint density at radius 2 is 1.85 bits per heavy atom. The standard InChI is InChI=1S/C16H23N3O/c20-16(17-14-7-2-1-3-8-14)19-12-6-9-15(19)13-18-10-4-5-11-18/h1-3,7-8,15H,4-6,9-13H2,(H,17,20). The fourth-order valence-corrected chi connectivity index (χ4v) is 3.27. The molecule has 0 aliphatic carbocycles. The number of hydrogen-bond donors (Lipinski definition) is 1. The average Bonchev–Trinajstić information content (AvgIpc) is 3.12. The molecule has 1 aromatic carbocycles. The maximum absolute atomic E-state index is 12.4. The third kappa shape index (κ3) is 3.12. The molecule has 1 unspecified atom stereocenters. The SMILES string of the molecule is O=C(Nc1ccccc1)N1CCCC1CN1CCCC1. The van der Waals surface area contributed by atoms with Gasteiger partial charge in [-0.15, -0.1) is 0 Å². The monoisotopic (exact) mass is 273 g/mol. The zero-order valence-electron chi connectivity index (χ0n) is 11.9. The number of nitrogens with zero attached hydrogens (tertiary/aromatic N) is 2. The van der Waals surface area contributed by atoms with Crippen molar-refractivity contribution in [1.29, 1.82) is 0 Å². The average molecular weight is 273 g/mol. The molecule has 0 saturated carbocycles. The second-order valence-electron chi connectivity index (χ2n) is 5.79. The molecular weight excluding hydrogens is 250 g/mol. The highest BCUT2D eigenvalue weighted by Gasteiger charge is 2.30. The van der Waals surface area contributed by atoms with Crippen LogP contribution in [0.5, 0.6) is 0 Å². The van der Waals surface area contributed by atoms with E-state index in [-0.39, 0.29) is 6.03 Å². The second kappa shape index (κ2) is 6.27. The first-order valence-corrected chi connectivity index (χ1v) is 7.68. The first-order valence-electron chi connectivity index (χ1n) is 7.68. The van der Waals surface area contributed by atoms with E-state index in [0.29, 0.717) is 6.04 Å². The summed E-state index contributed by atoms with van der Waals surface area (Å²) in [6.07, 6.45) is 4.88. The van der Waals surface area contributed by atoms with Crippen LogP contribution in [0.4, 0.5) is 10.5 Å². The molecule has 3 rings (SSSR count). The van der Waals surface area contributed by atoms with E-state index in [2.05, 4.69) is 10.2 Å². The first kappa shape index (κ1) is 13.4. The number of benzene rings is 1. The smallest absolute Gasteiger partial charge is 0.320 e. The predicted octanol–water partition coefficient (Wildman–Crippen LogP) is 2.78. The van der Waals surface area contributed by atoms with E-state index in [1.807, 2.05) is 35.2 Å². The van der Waals surface area contributed by atoms with Gasteiger partial charge in [-0.3, -0.25) is 0 Å². The Kier molecular flexibility index (Phi) is 4.21. The van der Waals surface area contributed by atoms with Crippen LogP contribution in [0.1, 0.15) is 25.7 Å². The third-order valence-electron chi connectivity index (χ3n) is 4.33. The van der Waals surface area contributed by atoms with Crippen molar-refractivity contribution in [3.8, 4) is 0 Å². The second-order valence-corrected chi connectivity index (χ2v) is 5.79. The van der Waals surface area contributed by atoms with Gasteiger partial charge in [0.05, 0.1) is 0 Å². The van der Waals surface area contributed by atoms with Crippen molar-refractivity contribution >= 4 is 11.7 Å². The summed E-state index contributed by atoms with van der Waals surface area (Å²) in [7, 11) is 0. The van der Waals surface area contributed by atoms with Crippen molar-refractivity contribution in [2.75, 3.05) is 31.5 Å². The molecule has 4 nitrogen and oxygen atoms in total. The lowest BCUT2D eigenvalue weighted by Crippen LogP contribution is -2.44. The van der Waals surface area contributed by atoms with Crippen LogP contribution in [0.15, 0.2) is 30.3 Å². The largest absolute Gasteiger partial charge is 0.322 e. The summed E-state index contributed by atoms with van der Waals surface area (Å²) in [5.41, 5.74) is 0.879. The van der Waals surface area contributed by atoms with Crippen LogP contribution >= 0.6 is 0 Å². The molecule has 108 valence electrons. The molecule has 0 radical (unpaired) electrons. The quantitative estimate of drug-likeness (QED) is 0.919. The van der Waals surface area contributed by atoms with Gasteiger partial charge in [-0.2, -0.15) is 0 Å². The minimum Gasteiger partial charge on any atom is -0.320 e. The molecule has 1 aromatic rings. The molecule has 1 atom stereocenters. The van der Waals surface area contributed by atoms with Crippen molar-refractivity contribution in [2.45, 2.75) is 31.7 Å². The summed E-state index contributed by atoms with van der Waals surface area (Å²) in [6.45, 7) is 4.33. The number of anilines is 1. The van der Waals surface area contributed by atoms with Gasteiger partial charge in [0.1, 0.15) is 0 Å². The molecule has 1 N–H and O–H groups in total. The van der Waals surface area contributed by atoms with Crippen LogP contribution in [0.3, 0.4) is 0 Å². The number of para-hydroxylation sites is 1. The van der Waals surface area contributed by atoms with E-state index in [4.69, 9.17) is 0 Å². The highest BCUT2D eigenvalue weighted by molar-refractivity contribution is 5.89. The van der Waals surface area contributed by atoms with Gasteiger partial charge in [-0.25, -0.2) is 4.79 Å². The fraction of sp³-hybridized carbons (Fsp3) is 0.562. The molecule has 4 heteroatoms. The molecule has 2 aliphatic heterocycles. The number of amides is 2. The summed E-state index contributed by atoms with van der Waals surface area (Å²) in [5.74, 6) is 0. The van der Waals surface area contributed by atoms with Crippen molar-refractivity contribution in [3.05, 3.63) is 30.3 Å². The lowest BCUT2D eigenvalue weighted by molar-refractivity contribution is 0.186. The number of nitrogens with one attached hydrogen (secondary N) is 1.